The zero-order valence-corrected chi connectivity index (χ0v) is 11.5. The van der Waals surface area contributed by atoms with E-state index in [1.807, 2.05) is 0 Å². The molecule has 3 N–H and O–H groups in total. The van der Waals surface area contributed by atoms with Gasteiger partial charge in [0.15, 0.2) is 0 Å². The quantitative estimate of drug-likeness (QED) is 0.784. The molecule has 0 radical (unpaired) electrons. The van der Waals surface area contributed by atoms with Crippen LogP contribution >= 0.6 is 27.5 Å². The smallest absolute Gasteiger partial charge is 0.335 e. The second-order valence-electron chi connectivity index (χ2n) is 3.25. The average molecular weight is 344 g/mol. The Morgan fingerprint density at radius 1 is 1.32 bits per heavy atom. The van der Waals surface area contributed by atoms with Crippen molar-refractivity contribution in [2.45, 2.75) is 0 Å². The lowest BCUT2D eigenvalue weighted by molar-refractivity contribution is 0.0697. The zero-order chi connectivity index (χ0) is 13.8. The van der Waals surface area contributed by atoms with Gasteiger partial charge in [0.25, 0.3) is 0 Å². The molecule has 0 unspecified atom stereocenters. The molecule has 2 aromatic rings. The molecule has 1 aromatic carbocycles. The molecule has 98 valence electrons. The molecule has 0 bridgehead atoms. The number of hydrogen-bond donors (Lipinski definition) is 3. The summed E-state index contributed by atoms with van der Waals surface area (Å²) < 4.78 is 4.05. The maximum atomic E-state index is 11.6. The van der Waals surface area contributed by atoms with Crippen LogP contribution in [0, 0.1) is 0 Å². The van der Waals surface area contributed by atoms with Crippen LogP contribution in [-0.4, -0.2) is 31.9 Å². The molecule has 0 aliphatic heterocycles. The minimum atomic E-state index is -1.08. The molecule has 0 atom stereocenters. The van der Waals surface area contributed by atoms with Gasteiger partial charge in [-0.05, 0) is 39.3 Å². The lowest BCUT2D eigenvalue weighted by Crippen LogP contribution is -2.19. The molecule has 2 rings (SSSR count). The Morgan fingerprint density at radius 2 is 2.11 bits per heavy atom. The number of carboxylic acids is 1. The second-order valence-corrected chi connectivity index (χ2v) is 4.83. The molecule has 19 heavy (non-hydrogen) atoms. The number of carbonyl (C=O) groups excluding carboxylic acids is 1. The summed E-state index contributed by atoms with van der Waals surface area (Å²) >= 11 is 4.14. The summed E-state index contributed by atoms with van der Waals surface area (Å²) in [5.74, 6) is -1.08. The summed E-state index contributed by atoms with van der Waals surface area (Å²) in [7, 11) is 0. The van der Waals surface area contributed by atoms with E-state index < -0.39 is 12.0 Å². The SMILES string of the molecule is O=C(Nc1nnns1)Nc1cc(C(=O)O)ccc1Br. The summed E-state index contributed by atoms with van der Waals surface area (Å²) in [5, 5.41) is 20.9. The first kappa shape index (κ1) is 13.4. The number of anilines is 2. The van der Waals surface area contributed by atoms with Crippen molar-refractivity contribution in [2.24, 2.45) is 0 Å². The molecule has 0 saturated heterocycles. The number of amides is 2. The molecule has 8 nitrogen and oxygen atoms in total. The van der Waals surface area contributed by atoms with Crippen LogP contribution < -0.4 is 10.6 Å². The van der Waals surface area contributed by atoms with E-state index in [-0.39, 0.29) is 10.7 Å². The number of carbonyl (C=O) groups is 2. The van der Waals surface area contributed by atoms with Crippen molar-refractivity contribution in [2.75, 3.05) is 10.6 Å². The number of nitrogens with zero attached hydrogens (tertiary/aromatic N) is 3. The van der Waals surface area contributed by atoms with Crippen LogP contribution in [-0.2, 0) is 0 Å². The fraction of sp³-hybridized carbons (Fsp3) is 0. The maximum absolute atomic E-state index is 11.6. The number of hydrogen-bond acceptors (Lipinski definition) is 6. The Bertz CT molecular complexity index is 618. The fourth-order valence-corrected chi connectivity index (χ4v) is 1.89. The summed E-state index contributed by atoms with van der Waals surface area (Å²) in [6, 6.07) is 3.72. The highest BCUT2D eigenvalue weighted by Gasteiger charge is 2.11. The molecule has 1 heterocycles. The van der Waals surface area contributed by atoms with E-state index in [0.29, 0.717) is 10.2 Å². The van der Waals surface area contributed by atoms with E-state index in [1.54, 1.807) is 0 Å². The molecule has 0 saturated carbocycles. The predicted molar refractivity (Wildman–Crippen MR) is 71.4 cm³/mol. The molecule has 0 fully saturated rings. The number of carboxylic acid groups (broad SMARTS) is 1. The molecule has 10 heteroatoms. The van der Waals surface area contributed by atoms with E-state index in [4.69, 9.17) is 5.11 Å². The van der Waals surface area contributed by atoms with Crippen molar-refractivity contribution in [3.05, 3.63) is 28.2 Å². The Morgan fingerprint density at radius 3 is 2.74 bits per heavy atom. The van der Waals surface area contributed by atoms with Gasteiger partial charge in [0.1, 0.15) is 0 Å². The lowest BCUT2D eigenvalue weighted by atomic mass is 10.2. The van der Waals surface area contributed by atoms with E-state index >= 15 is 0 Å². The van der Waals surface area contributed by atoms with Gasteiger partial charge in [-0.25, -0.2) is 9.59 Å². The Hall–Kier alpha value is -2.07. The molecular formula is C9H6BrN5O3S. The normalized spacial score (nSPS) is 9.95. The third kappa shape index (κ3) is 3.45. The van der Waals surface area contributed by atoms with E-state index in [2.05, 4.69) is 41.4 Å². The first-order valence-electron chi connectivity index (χ1n) is 4.82. The van der Waals surface area contributed by atoms with Crippen LogP contribution in [0.4, 0.5) is 15.6 Å². The van der Waals surface area contributed by atoms with Crippen LogP contribution in [0.5, 0.6) is 0 Å². The minimum absolute atomic E-state index is 0.0658. The standard InChI is InChI=1S/C9H6BrN5O3S/c10-5-2-1-4(7(16)17)3-6(5)11-8(18)12-9-13-14-15-19-9/h1-3H,(H,16,17)(H2,11,12,13,15,18). The van der Waals surface area contributed by atoms with Crippen molar-refractivity contribution >= 4 is 50.3 Å². The second kappa shape index (κ2) is 5.71. The van der Waals surface area contributed by atoms with E-state index in [0.717, 1.165) is 11.5 Å². The summed E-state index contributed by atoms with van der Waals surface area (Å²) in [5.41, 5.74) is 0.394. The number of aromatic nitrogens is 3. The van der Waals surface area contributed by atoms with E-state index in [1.165, 1.54) is 18.2 Å². The summed E-state index contributed by atoms with van der Waals surface area (Å²) in [6.45, 7) is 0. The van der Waals surface area contributed by atoms with Gasteiger partial charge in [-0.15, -0.1) is 0 Å². The van der Waals surface area contributed by atoms with Gasteiger partial charge in [0, 0.05) is 16.0 Å². The number of aromatic carboxylic acids is 1. The van der Waals surface area contributed by atoms with Crippen LogP contribution in [0.25, 0.3) is 0 Å². The van der Waals surface area contributed by atoms with Crippen molar-refractivity contribution in [1.82, 2.24) is 14.8 Å². The van der Waals surface area contributed by atoms with Crippen molar-refractivity contribution in [3.8, 4) is 0 Å². The van der Waals surface area contributed by atoms with Crippen molar-refractivity contribution in [3.63, 3.8) is 0 Å². The van der Waals surface area contributed by atoms with Gasteiger partial charge in [0.2, 0.25) is 5.13 Å². The Kier molecular flexibility index (Phi) is 4.02. The third-order valence-electron chi connectivity index (χ3n) is 1.98. The largest absolute Gasteiger partial charge is 0.478 e. The van der Waals surface area contributed by atoms with Crippen LogP contribution in [0.2, 0.25) is 0 Å². The minimum Gasteiger partial charge on any atom is -0.478 e. The van der Waals surface area contributed by atoms with Gasteiger partial charge in [-0.2, -0.15) is 0 Å². The van der Waals surface area contributed by atoms with Gasteiger partial charge in [0.05, 0.1) is 11.3 Å². The van der Waals surface area contributed by atoms with Crippen LogP contribution in [0.3, 0.4) is 0 Å². The van der Waals surface area contributed by atoms with Gasteiger partial charge in [-0.1, -0.05) is 9.59 Å². The highest BCUT2D eigenvalue weighted by Crippen LogP contribution is 2.24. The van der Waals surface area contributed by atoms with Crippen LogP contribution in [0.1, 0.15) is 10.4 Å². The highest BCUT2D eigenvalue weighted by molar-refractivity contribution is 9.10. The zero-order valence-electron chi connectivity index (χ0n) is 9.12. The van der Waals surface area contributed by atoms with Gasteiger partial charge < -0.3 is 10.4 Å². The Labute approximate surface area is 119 Å². The number of urea groups is 1. The first-order valence-corrected chi connectivity index (χ1v) is 6.39. The predicted octanol–water partition coefficient (Wildman–Crippen LogP) is 2.04. The number of benzene rings is 1. The number of halogens is 1. The molecular weight excluding hydrogens is 338 g/mol. The Balaban J connectivity index is 2.11. The molecule has 1 aromatic heterocycles. The van der Waals surface area contributed by atoms with Crippen molar-refractivity contribution < 1.29 is 14.7 Å². The molecule has 0 spiro atoms. The van der Waals surface area contributed by atoms with Crippen LogP contribution in [0.15, 0.2) is 22.7 Å². The first-order chi connectivity index (χ1) is 9.06. The lowest BCUT2D eigenvalue weighted by Gasteiger charge is -2.08. The highest BCUT2D eigenvalue weighted by atomic mass is 79.9. The van der Waals surface area contributed by atoms with Gasteiger partial charge in [-0.3, -0.25) is 5.32 Å². The maximum Gasteiger partial charge on any atom is 0.335 e. The average Bonchev–Trinajstić information content (AvgIpc) is 2.84. The van der Waals surface area contributed by atoms with E-state index in [9.17, 15) is 9.59 Å². The third-order valence-corrected chi connectivity index (χ3v) is 3.18. The van der Waals surface area contributed by atoms with Crippen molar-refractivity contribution in [1.29, 1.82) is 0 Å². The molecule has 0 aliphatic carbocycles. The summed E-state index contributed by atoms with van der Waals surface area (Å²) in [4.78, 5) is 22.5. The number of nitrogens with one attached hydrogen (secondary N) is 2. The fourth-order valence-electron chi connectivity index (χ4n) is 1.19. The number of rotatable bonds is 3. The monoisotopic (exact) mass is 343 g/mol. The topological polar surface area (TPSA) is 117 Å². The summed E-state index contributed by atoms with van der Waals surface area (Å²) in [6.07, 6.45) is 0. The molecule has 0 aliphatic rings. The molecule has 2 amide bonds. The van der Waals surface area contributed by atoms with Gasteiger partial charge >= 0.3 is 12.0 Å².